The molecular formula is C14H22ClNO. The van der Waals surface area contributed by atoms with Crippen molar-refractivity contribution in [1.82, 2.24) is 0 Å². The van der Waals surface area contributed by atoms with E-state index in [4.69, 9.17) is 22.1 Å². The summed E-state index contributed by atoms with van der Waals surface area (Å²) >= 11 is 6.35. The zero-order valence-electron chi connectivity index (χ0n) is 11.3. The Bertz CT molecular complexity index is 400. The van der Waals surface area contributed by atoms with E-state index in [1.165, 1.54) is 0 Å². The van der Waals surface area contributed by atoms with Crippen LogP contribution in [0.25, 0.3) is 0 Å². The first-order valence-electron chi connectivity index (χ1n) is 5.99. The Kier molecular flexibility index (Phi) is 4.84. The fraction of sp³-hybridized carbons (Fsp3) is 0.571. The molecule has 0 spiro atoms. The molecular weight excluding hydrogens is 234 g/mol. The third kappa shape index (κ3) is 3.14. The highest BCUT2D eigenvalue weighted by Gasteiger charge is 2.19. The molecule has 0 aliphatic carbocycles. The molecule has 0 fully saturated rings. The molecule has 1 atom stereocenters. The number of hydrogen-bond acceptors (Lipinski definition) is 2. The average Bonchev–Trinajstić information content (AvgIpc) is 2.15. The number of benzene rings is 1. The molecule has 96 valence electrons. The second-order valence-corrected chi connectivity index (χ2v) is 5.34. The van der Waals surface area contributed by atoms with E-state index in [2.05, 4.69) is 13.8 Å². The predicted molar refractivity (Wildman–Crippen MR) is 74.2 cm³/mol. The minimum atomic E-state index is 0.0965. The van der Waals surface area contributed by atoms with Crippen LogP contribution in [0.1, 0.15) is 43.4 Å². The maximum Gasteiger partial charge on any atom is 0.125 e. The van der Waals surface area contributed by atoms with Crippen LogP contribution in [0, 0.1) is 6.92 Å². The van der Waals surface area contributed by atoms with E-state index in [9.17, 15) is 0 Å². The van der Waals surface area contributed by atoms with Crippen LogP contribution in [0.15, 0.2) is 6.07 Å². The van der Waals surface area contributed by atoms with Crippen LogP contribution in [0.4, 0.5) is 0 Å². The molecule has 0 bridgehead atoms. The van der Waals surface area contributed by atoms with Crippen molar-refractivity contribution in [3.05, 3.63) is 27.8 Å². The first-order chi connectivity index (χ1) is 7.88. The molecule has 1 aromatic carbocycles. The summed E-state index contributed by atoms with van der Waals surface area (Å²) < 4.78 is 5.51. The van der Waals surface area contributed by atoms with E-state index in [0.29, 0.717) is 5.92 Å². The summed E-state index contributed by atoms with van der Waals surface area (Å²) in [6.07, 6.45) is 0.790. The van der Waals surface area contributed by atoms with E-state index in [1.54, 1.807) is 7.11 Å². The Morgan fingerprint density at radius 2 is 1.94 bits per heavy atom. The van der Waals surface area contributed by atoms with Crippen molar-refractivity contribution in [2.45, 2.75) is 46.1 Å². The molecule has 0 saturated heterocycles. The van der Waals surface area contributed by atoms with Crippen molar-refractivity contribution < 1.29 is 4.74 Å². The quantitative estimate of drug-likeness (QED) is 0.891. The lowest BCUT2D eigenvalue weighted by Crippen LogP contribution is -2.20. The minimum absolute atomic E-state index is 0.0965. The molecule has 0 aromatic heterocycles. The molecule has 1 aromatic rings. The number of methoxy groups -OCH3 is 1. The van der Waals surface area contributed by atoms with Gasteiger partial charge in [0.2, 0.25) is 0 Å². The lowest BCUT2D eigenvalue weighted by atomic mass is 9.91. The van der Waals surface area contributed by atoms with E-state index in [-0.39, 0.29) is 6.04 Å². The summed E-state index contributed by atoms with van der Waals surface area (Å²) in [4.78, 5) is 0. The van der Waals surface area contributed by atoms with Crippen molar-refractivity contribution in [2.24, 2.45) is 5.73 Å². The summed E-state index contributed by atoms with van der Waals surface area (Å²) in [6.45, 7) is 8.29. The van der Waals surface area contributed by atoms with Crippen LogP contribution in [0.2, 0.25) is 5.02 Å². The number of aryl methyl sites for hydroxylation is 1. The average molecular weight is 256 g/mol. The first-order valence-corrected chi connectivity index (χ1v) is 6.37. The minimum Gasteiger partial charge on any atom is -0.496 e. The van der Waals surface area contributed by atoms with E-state index in [0.717, 1.165) is 33.9 Å². The van der Waals surface area contributed by atoms with Crippen LogP contribution in [-0.4, -0.2) is 13.2 Å². The largest absolute Gasteiger partial charge is 0.496 e. The summed E-state index contributed by atoms with van der Waals surface area (Å²) in [7, 11) is 1.70. The Hall–Kier alpha value is -0.730. The molecule has 1 rings (SSSR count). The fourth-order valence-corrected chi connectivity index (χ4v) is 2.77. The molecule has 0 heterocycles. The van der Waals surface area contributed by atoms with Crippen molar-refractivity contribution in [3.63, 3.8) is 0 Å². The Morgan fingerprint density at radius 3 is 2.35 bits per heavy atom. The molecule has 17 heavy (non-hydrogen) atoms. The fourth-order valence-electron chi connectivity index (χ4n) is 2.27. The molecule has 0 aliphatic heterocycles. The van der Waals surface area contributed by atoms with Crippen LogP contribution in [-0.2, 0) is 6.42 Å². The molecule has 0 amide bonds. The van der Waals surface area contributed by atoms with E-state index in [1.807, 2.05) is 19.9 Å². The Labute approximate surface area is 109 Å². The number of nitrogens with two attached hydrogens (primary N) is 1. The second kappa shape index (κ2) is 5.74. The zero-order valence-corrected chi connectivity index (χ0v) is 12.1. The highest BCUT2D eigenvalue weighted by Crippen LogP contribution is 2.37. The van der Waals surface area contributed by atoms with Crippen molar-refractivity contribution in [2.75, 3.05) is 7.11 Å². The van der Waals surface area contributed by atoms with Crippen LogP contribution < -0.4 is 10.5 Å². The lowest BCUT2D eigenvalue weighted by molar-refractivity contribution is 0.404. The van der Waals surface area contributed by atoms with Gasteiger partial charge in [0, 0.05) is 16.6 Å². The van der Waals surface area contributed by atoms with Gasteiger partial charge in [-0.15, -0.1) is 0 Å². The lowest BCUT2D eigenvalue weighted by Gasteiger charge is -2.21. The monoisotopic (exact) mass is 255 g/mol. The molecule has 0 radical (unpaired) electrons. The van der Waals surface area contributed by atoms with Crippen LogP contribution >= 0.6 is 11.6 Å². The summed E-state index contributed by atoms with van der Waals surface area (Å²) in [5.74, 6) is 1.29. The van der Waals surface area contributed by atoms with E-state index < -0.39 is 0 Å². The van der Waals surface area contributed by atoms with Gasteiger partial charge in [0.15, 0.2) is 0 Å². The van der Waals surface area contributed by atoms with Gasteiger partial charge in [-0.1, -0.05) is 25.4 Å². The standard InChI is InChI=1S/C14H22ClNO/c1-8(2)13-11(7-10(4)16)14(17-5)9(3)6-12(13)15/h6,8,10H,7,16H2,1-5H3. The third-order valence-corrected chi connectivity index (χ3v) is 3.18. The predicted octanol–water partition coefficient (Wildman–Crippen LogP) is 3.67. The van der Waals surface area contributed by atoms with Gasteiger partial charge >= 0.3 is 0 Å². The smallest absolute Gasteiger partial charge is 0.125 e. The molecule has 2 N–H and O–H groups in total. The molecule has 1 unspecified atom stereocenters. The summed E-state index contributed by atoms with van der Waals surface area (Å²) in [5.41, 5.74) is 9.30. The highest BCUT2D eigenvalue weighted by molar-refractivity contribution is 6.31. The second-order valence-electron chi connectivity index (χ2n) is 4.94. The van der Waals surface area contributed by atoms with Crippen LogP contribution in [0.5, 0.6) is 5.75 Å². The topological polar surface area (TPSA) is 35.2 Å². The van der Waals surface area contributed by atoms with Gasteiger partial charge in [0.05, 0.1) is 7.11 Å². The molecule has 2 nitrogen and oxygen atoms in total. The Morgan fingerprint density at radius 1 is 1.35 bits per heavy atom. The third-order valence-electron chi connectivity index (χ3n) is 2.87. The number of halogens is 1. The summed E-state index contributed by atoms with van der Waals surface area (Å²) in [5, 5.41) is 0.814. The van der Waals surface area contributed by atoms with Gasteiger partial charge in [-0.2, -0.15) is 0 Å². The van der Waals surface area contributed by atoms with Crippen molar-refractivity contribution in [3.8, 4) is 5.75 Å². The van der Waals surface area contributed by atoms with Gasteiger partial charge in [-0.05, 0) is 43.4 Å². The van der Waals surface area contributed by atoms with Gasteiger partial charge in [-0.3, -0.25) is 0 Å². The number of rotatable bonds is 4. The van der Waals surface area contributed by atoms with Gasteiger partial charge < -0.3 is 10.5 Å². The maximum atomic E-state index is 6.35. The van der Waals surface area contributed by atoms with Gasteiger partial charge in [-0.25, -0.2) is 0 Å². The van der Waals surface area contributed by atoms with Gasteiger partial charge in [0.25, 0.3) is 0 Å². The number of hydrogen-bond donors (Lipinski definition) is 1. The van der Waals surface area contributed by atoms with E-state index >= 15 is 0 Å². The highest BCUT2D eigenvalue weighted by atomic mass is 35.5. The zero-order chi connectivity index (χ0) is 13.2. The van der Waals surface area contributed by atoms with Crippen LogP contribution in [0.3, 0.4) is 0 Å². The molecule has 0 aliphatic rings. The normalized spacial score (nSPS) is 12.9. The molecule has 3 heteroatoms. The van der Waals surface area contributed by atoms with Crippen molar-refractivity contribution in [1.29, 1.82) is 0 Å². The van der Waals surface area contributed by atoms with Crippen molar-refractivity contribution >= 4 is 11.6 Å². The SMILES string of the molecule is COc1c(C)cc(Cl)c(C(C)C)c1CC(C)N. The first kappa shape index (κ1) is 14.3. The summed E-state index contributed by atoms with van der Waals surface area (Å²) in [6, 6.07) is 2.07. The molecule has 0 saturated carbocycles. The van der Waals surface area contributed by atoms with Gasteiger partial charge in [0.1, 0.15) is 5.75 Å². The maximum absolute atomic E-state index is 6.35. The Balaban J connectivity index is 3.45. The number of ether oxygens (including phenoxy) is 1.